The first kappa shape index (κ1) is 9.32. The Kier molecular flexibility index (Phi) is 3.09. The molecule has 0 radical (unpaired) electrons. The van der Waals surface area contributed by atoms with Crippen LogP contribution >= 0.6 is 11.6 Å². The summed E-state index contributed by atoms with van der Waals surface area (Å²) in [5, 5.41) is 8.76. The van der Waals surface area contributed by atoms with Gasteiger partial charge in [0.1, 0.15) is 0 Å². The van der Waals surface area contributed by atoms with Crippen molar-refractivity contribution in [1.82, 2.24) is 0 Å². The van der Waals surface area contributed by atoms with E-state index in [1.807, 2.05) is 6.07 Å². The lowest BCUT2D eigenvalue weighted by Crippen LogP contribution is -1.79. The highest BCUT2D eigenvalue weighted by atomic mass is 35.5. The van der Waals surface area contributed by atoms with Crippen molar-refractivity contribution < 1.29 is 0 Å². The van der Waals surface area contributed by atoms with Crippen molar-refractivity contribution in [1.29, 1.82) is 5.26 Å². The smallest absolute Gasteiger partial charge is 0.225 e. The first-order valence-corrected chi connectivity index (χ1v) is 3.90. The van der Waals surface area contributed by atoms with Gasteiger partial charge in [-0.2, -0.15) is 0 Å². The van der Waals surface area contributed by atoms with Gasteiger partial charge in [0.05, 0.1) is 17.7 Å². The van der Waals surface area contributed by atoms with Gasteiger partial charge in [0.15, 0.2) is 0 Å². The Morgan fingerprint density at radius 2 is 2.00 bits per heavy atom. The number of benzene rings is 1. The van der Waals surface area contributed by atoms with Gasteiger partial charge < -0.3 is 0 Å². The van der Waals surface area contributed by atoms with E-state index < -0.39 is 0 Å². The lowest BCUT2D eigenvalue weighted by Gasteiger charge is -1.97. The number of hydrogen-bond acceptors (Lipinski definition) is 1. The molecule has 1 rings (SSSR count). The van der Waals surface area contributed by atoms with Gasteiger partial charge in [0.2, 0.25) is 0 Å². The minimum Gasteiger partial charge on any atom is -0.225 e. The fourth-order valence-electron chi connectivity index (χ4n) is 0.844. The lowest BCUT2D eigenvalue weighted by molar-refractivity contribution is 1.50. The molecule has 0 heterocycles. The van der Waals surface area contributed by atoms with Crippen LogP contribution in [0.2, 0.25) is 0 Å². The van der Waals surface area contributed by atoms with E-state index >= 15 is 0 Å². The number of hydrogen-bond donors (Lipinski definition) is 0. The molecular formula is C10H5ClN2. The number of nitriles is 1. The minimum atomic E-state index is -0.0760. The molecule has 0 atom stereocenters. The van der Waals surface area contributed by atoms with E-state index in [1.165, 1.54) is 0 Å². The highest BCUT2D eigenvalue weighted by Gasteiger charge is 2.04. The maximum absolute atomic E-state index is 8.55. The molecule has 0 saturated heterocycles. The van der Waals surface area contributed by atoms with Gasteiger partial charge in [-0.3, -0.25) is 0 Å². The molecule has 1 aromatic carbocycles. The van der Waals surface area contributed by atoms with Crippen molar-refractivity contribution in [2.45, 2.75) is 0 Å². The van der Waals surface area contributed by atoms with Gasteiger partial charge in [0.25, 0.3) is 5.70 Å². The van der Waals surface area contributed by atoms with Crippen molar-refractivity contribution in [2.75, 3.05) is 0 Å². The van der Waals surface area contributed by atoms with E-state index in [4.69, 9.17) is 23.4 Å². The number of halogens is 1. The average molecular weight is 189 g/mol. The van der Waals surface area contributed by atoms with Crippen LogP contribution < -0.4 is 0 Å². The zero-order valence-corrected chi connectivity index (χ0v) is 7.42. The molecule has 0 spiro atoms. The number of nitrogens with zero attached hydrogens (tertiary/aromatic N) is 2. The first-order chi connectivity index (χ1) is 6.29. The molecule has 0 N–H and O–H groups in total. The molecule has 62 valence electrons. The van der Waals surface area contributed by atoms with Crippen molar-refractivity contribution in [3.63, 3.8) is 0 Å². The molecule has 0 fully saturated rings. The summed E-state index contributed by atoms with van der Waals surface area (Å²) in [5.74, 6) is 0. The molecule has 0 bridgehead atoms. The summed E-state index contributed by atoms with van der Waals surface area (Å²) in [6.45, 7) is 6.70. The molecule has 1 aromatic rings. The normalized spacial score (nSPS) is 11.0. The molecule has 0 aliphatic rings. The van der Waals surface area contributed by atoms with E-state index in [0.717, 1.165) is 0 Å². The number of rotatable bonds is 1. The molecule has 0 saturated carbocycles. The summed E-state index contributed by atoms with van der Waals surface area (Å²) in [6.07, 6.45) is 0. The van der Waals surface area contributed by atoms with Crippen LogP contribution in [0.15, 0.2) is 36.0 Å². The van der Waals surface area contributed by atoms with Crippen LogP contribution in [0.4, 0.5) is 0 Å². The molecule has 0 aliphatic carbocycles. The molecular weight excluding hydrogens is 184 g/mol. The van der Waals surface area contributed by atoms with Gasteiger partial charge in [-0.05, 0) is 5.56 Å². The van der Waals surface area contributed by atoms with Crippen LogP contribution in [-0.2, 0) is 0 Å². The van der Waals surface area contributed by atoms with Gasteiger partial charge >= 0.3 is 0 Å². The van der Waals surface area contributed by atoms with Gasteiger partial charge in [-0.25, -0.2) is 10.1 Å². The summed E-state index contributed by atoms with van der Waals surface area (Å²) >= 11 is 5.82. The Morgan fingerprint density at radius 1 is 1.38 bits per heavy atom. The van der Waals surface area contributed by atoms with E-state index in [0.29, 0.717) is 5.56 Å². The molecule has 0 amide bonds. The van der Waals surface area contributed by atoms with Crippen LogP contribution in [0.3, 0.4) is 0 Å². The van der Waals surface area contributed by atoms with Gasteiger partial charge in [0, 0.05) is 0 Å². The van der Waals surface area contributed by atoms with Crippen LogP contribution in [0.5, 0.6) is 0 Å². The zero-order chi connectivity index (χ0) is 9.68. The summed E-state index contributed by atoms with van der Waals surface area (Å²) < 4.78 is 0. The molecule has 0 aromatic heterocycles. The molecule has 0 unspecified atom stereocenters. The van der Waals surface area contributed by atoms with E-state index in [-0.39, 0.29) is 10.7 Å². The Balaban J connectivity index is 3.21. The van der Waals surface area contributed by atoms with E-state index in [2.05, 4.69) is 4.85 Å². The van der Waals surface area contributed by atoms with Crippen molar-refractivity contribution in [3.05, 3.63) is 53.0 Å². The van der Waals surface area contributed by atoms with Crippen LogP contribution in [0.25, 0.3) is 9.88 Å². The van der Waals surface area contributed by atoms with E-state index in [1.54, 1.807) is 30.3 Å². The third-order valence-corrected chi connectivity index (χ3v) is 1.85. The number of allylic oxidation sites excluding steroid dienone is 1. The summed E-state index contributed by atoms with van der Waals surface area (Å²) in [4.78, 5) is 3.02. The SMILES string of the molecule is [C-]#[N+]C(C#N)=C(Cl)c1ccccc1. The summed E-state index contributed by atoms with van der Waals surface area (Å²) in [6, 6.07) is 10.7. The first-order valence-electron chi connectivity index (χ1n) is 3.52. The standard InChI is InChI=1S/C10H5ClN2/c1-13-9(7-12)10(11)8-5-3-2-4-6-8/h2-6H. The van der Waals surface area contributed by atoms with Crippen LogP contribution in [-0.4, -0.2) is 0 Å². The monoisotopic (exact) mass is 188 g/mol. The zero-order valence-electron chi connectivity index (χ0n) is 6.66. The molecule has 13 heavy (non-hydrogen) atoms. The van der Waals surface area contributed by atoms with Gasteiger partial charge in [-0.1, -0.05) is 41.9 Å². The van der Waals surface area contributed by atoms with Crippen LogP contribution in [0.1, 0.15) is 5.56 Å². The average Bonchev–Trinajstić information content (AvgIpc) is 2.21. The van der Waals surface area contributed by atoms with Crippen molar-refractivity contribution in [3.8, 4) is 6.07 Å². The second-order valence-electron chi connectivity index (χ2n) is 2.25. The Hall–Kier alpha value is -1.77. The molecule has 3 heteroatoms. The Labute approximate surface area is 81.5 Å². The Morgan fingerprint density at radius 3 is 2.46 bits per heavy atom. The largest absolute Gasteiger partial charge is 0.280 e. The summed E-state index contributed by atoms with van der Waals surface area (Å²) in [7, 11) is 0. The maximum atomic E-state index is 8.55. The predicted octanol–water partition coefficient (Wildman–Crippen LogP) is 3.04. The molecule has 2 nitrogen and oxygen atoms in total. The van der Waals surface area contributed by atoms with Crippen molar-refractivity contribution >= 4 is 16.6 Å². The summed E-state index contributed by atoms with van der Waals surface area (Å²) in [5.41, 5.74) is 0.615. The third kappa shape index (κ3) is 2.08. The fourth-order valence-corrected chi connectivity index (χ4v) is 1.05. The highest BCUT2D eigenvalue weighted by molar-refractivity contribution is 6.49. The Bertz CT molecular complexity index is 391. The minimum absolute atomic E-state index is 0.0760. The third-order valence-electron chi connectivity index (χ3n) is 1.45. The fraction of sp³-hybridized carbons (Fsp3) is 0. The van der Waals surface area contributed by atoms with Gasteiger partial charge in [-0.15, -0.1) is 0 Å². The lowest BCUT2D eigenvalue weighted by atomic mass is 10.2. The maximum Gasteiger partial charge on any atom is 0.280 e. The second-order valence-corrected chi connectivity index (χ2v) is 2.63. The van der Waals surface area contributed by atoms with Crippen LogP contribution in [0, 0.1) is 17.9 Å². The highest BCUT2D eigenvalue weighted by Crippen LogP contribution is 2.22. The van der Waals surface area contributed by atoms with E-state index in [9.17, 15) is 0 Å². The second kappa shape index (κ2) is 4.30. The predicted molar refractivity (Wildman–Crippen MR) is 51.4 cm³/mol. The quantitative estimate of drug-likeness (QED) is 0.492. The topological polar surface area (TPSA) is 28.1 Å². The van der Waals surface area contributed by atoms with Crippen molar-refractivity contribution in [2.24, 2.45) is 0 Å². The molecule has 0 aliphatic heterocycles.